The molecule has 2 aromatic rings. The minimum Gasteiger partial charge on any atom is -0.408 e. The molecule has 0 spiro atoms. The van der Waals surface area contributed by atoms with Gasteiger partial charge in [-0.2, -0.15) is 0 Å². The zero-order chi connectivity index (χ0) is 12.4. The van der Waals surface area contributed by atoms with Crippen LogP contribution in [0.25, 0.3) is 11.1 Å². The molecule has 1 aromatic carbocycles. The number of aryl methyl sites for hydroxylation is 1. The van der Waals surface area contributed by atoms with Crippen molar-refractivity contribution in [2.45, 2.75) is 6.92 Å². The molecule has 0 radical (unpaired) electrons. The number of rotatable bonds is 4. The quantitative estimate of drug-likeness (QED) is 0.799. The van der Waals surface area contributed by atoms with Crippen LogP contribution in [0.4, 0.5) is 0 Å². The fourth-order valence-electron chi connectivity index (χ4n) is 1.65. The van der Waals surface area contributed by atoms with Crippen LogP contribution in [0, 0.1) is 0 Å². The zero-order valence-corrected chi connectivity index (χ0v) is 9.82. The number of nitrogens with one attached hydrogen (secondary N) is 1. The standard InChI is InChI=1S/C12H14N2O3/c1-3-13-7-10(15)8-4-5-9-11(6-8)17-12(16)14(9)2/h4-6,13H,3,7H2,1-2H3. The number of hydrogen-bond donors (Lipinski definition) is 1. The molecule has 0 amide bonds. The number of nitrogens with zero attached hydrogens (tertiary/aromatic N) is 1. The van der Waals surface area contributed by atoms with Gasteiger partial charge in [-0.3, -0.25) is 9.36 Å². The third-order valence-electron chi connectivity index (χ3n) is 2.65. The summed E-state index contributed by atoms with van der Waals surface area (Å²) >= 11 is 0. The van der Waals surface area contributed by atoms with E-state index in [2.05, 4.69) is 5.32 Å². The number of aromatic nitrogens is 1. The third kappa shape index (κ3) is 2.14. The molecule has 17 heavy (non-hydrogen) atoms. The van der Waals surface area contributed by atoms with Crippen molar-refractivity contribution in [1.29, 1.82) is 0 Å². The Morgan fingerprint density at radius 2 is 2.24 bits per heavy atom. The highest BCUT2D eigenvalue weighted by Crippen LogP contribution is 2.14. The third-order valence-corrected chi connectivity index (χ3v) is 2.65. The summed E-state index contributed by atoms with van der Waals surface area (Å²) in [5, 5.41) is 2.96. The SMILES string of the molecule is CCNCC(=O)c1ccc2c(c1)oc(=O)n2C. The Morgan fingerprint density at radius 1 is 1.47 bits per heavy atom. The highest BCUT2D eigenvalue weighted by molar-refractivity contribution is 5.99. The van der Waals surface area contributed by atoms with Crippen molar-refractivity contribution in [2.24, 2.45) is 7.05 Å². The normalized spacial score (nSPS) is 10.9. The number of likely N-dealkylation sites (N-methyl/N-ethyl adjacent to an activating group) is 1. The lowest BCUT2D eigenvalue weighted by atomic mass is 10.1. The highest BCUT2D eigenvalue weighted by Gasteiger charge is 2.10. The molecule has 0 aliphatic carbocycles. The van der Waals surface area contributed by atoms with E-state index in [4.69, 9.17) is 4.42 Å². The molecular formula is C12H14N2O3. The Labute approximate surface area is 98.0 Å². The number of Topliss-reactive ketones (excluding diaryl/α,β-unsaturated/α-hetero) is 1. The lowest BCUT2D eigenvalue weighted by Crippen LogP contribution is -2.22. The predicted octanol–water partition coefficient (Wildman–Crippen LogP) is 0.924. The molecule has 1 N–H and O–H groups in total. The maximum absolute atomic E-state index is 11.7. The van der Waals surface area contributed by atoms with E-state index in [0.717, 1.165) is 6.54 Å². The van der Waals surface area contributed by atoms with E-state index in [1.807, 2.05) is 6.92 Å². The second-order valence-electron chi connectivity index (χ2n) is 3.81. The van der Waals surface area contributed by atoms with Crippen molar-refractivity contribution in [1.82, 2.24) is 9.88 Å². The minimum atomic E-state index is -0.420. The highest BCUT2D eigenvalue weighted by atomic mass is 16.4. The number of oxazole rings is 1. The molecule has 0 unspecified atom stereocenters. The number of fused-ring (bicyclic) bond motifs is 1. The van der Waals surface area contributed by atoms with Crippen molar-refractivity contribution in [2.75, 3.05) is 13.1 Å². The molecule has 0 saturated heterocycles. The molecule has 1 aromatic heterocycles. The van der Waals surface area contributed by atoms with Crippen molar-refractivity contribution in [3.05, 3.63) is 34.3 Å². The van der Waals surface area contributed by atoms with Crippen LogP contribution < -0.4 is 11.1 Å². The summed E-state index contributed by atoms with van der Waals surface area (Å²) in [6, 6.07) is 5.03. The molecule has 0 aliphatic rings. The van der Waals surface area contributed by atoms with E-state index in [1.54, 1.807) is 25.2 Å². The summed E-state index contributed by atoms with van der Waals surface area (Å²) in [6.45, 7) is 2.97. The zero-order valence-electron chi connectivity index (χ0n) is 9.82. The molecular weight excluding hydrogens is 220 g/mol. The second-order valence-corrected chi connectivity index (χ2v) is 3.81. The lowest BCUT2D eigenvalue weighted by Gasteiger charge is -2.01. The van der Waals surface area contributed by atoms with E-state index in [-0.39, 0.29) is 5.78 Å². The number of carbonyl (C=O) groups is 1. The Morgan fingerprint density at radius 3 is 2.94 bits per heavy atom. The lowest BCUT2D eigenvalue weighted by molar-refractivity contribution is 0.0992. The molecule has 90 valence electrons. The van der Waals surface area contributed by atoms with Gasteiger partial charge in [-0.05, 0) is 24.7 Å². The minimum absolute atomic E-state index is 0.0137. The van der Waals surface area contributed by atoms with Gasteiger partial charge < -0.3 is 9.73 Å². The molecule has 0 aliphatic heterocycles. The van der Waals surface area contributed by atoms with E-state index in [0.29, 0.717) is 23.2 Å². The summed E-state index contributed by atoms with van der Waals surface area (Å²) in [5.41, 5.74) is 1.68. The van der Waals surface area contributed by atoms with Gasteiger partial charge in [0.05, 0.1) is 12.1 Å². The fourth-order valence-corrected chi connectivity index (χ4v) is 1.65. The van der Waals surface area contributed by atoms with Crippen LogP contribution in [0.2, 0.25) is 0 Å². The average molecular weight is 234 g/mol. The predicted molar refractivity (Wildman–Crippen MR) is 64.3 cm³/mol. The topological polar surface area (TPSA) is 64.2 Å². The fraction of sp³-hybridized carbons (Fsp3) is 0.333. The Kier molecular flexibility index (Phi) is 3.10. The van der Waals surface area contributed by atoms with Crippen LogP contribution in [-0.4, -0.2) is 23.4 Å². The largest absolute Gasteiger partial charge is 0.419 e. The van der Waals surface area contributed by atoms with Crippen LogP contribution in [-0.2, 0) is 7.05 Å². The first-order valence-corrected chi connectivity index (χ1v) is 5.47. The van der Waals surface area contributed by atoms with Gasteiger partial charge in [-0.1, -0.05) is 6.92 Å². The number of benzene rings is 1. The molecule has 5 nitrogen and oxygen atoms in total. The van der Waals surface area contributed by atoms with Crippen molar-refractivity contribution in [3.8, 4) is 0 Å². The number of ketones is 1. The second kappa shape index (κ2) is 4.55. The van der Waals surface area contributed by atoms with E-state index < -0.39 is 5.76 Å². The molecule has 2 rings (SSSR count). The van der Waals surface area contributed by atoms with Gasteiger partial charge in [-0.25, -0.2) is 4.79 Å². The van der Waals surface area contributed by atoms with Gasteiger partial charge in [-0.15, -0.1) is 0 Å². The van der Waals surface area contributed by atoms with Crippen molar-refractivity contribution in [3.63, 3.8) is 0 Å². The first-order chi connectivity index (χ1) is 8.13. The average Bonchev–Trinajstić information content (AvgIpc) is 2.61. The molecule has 1 heterocycles. The van der Waals surface area contributed by atoms with Crippen molar-refractivity contribution >= 4 is 16.9 Å². The van der Waals surface area contributed by atoms with Crippen LogP contribution in [0.5, 0.6) is 0 Å². The first kappa shape index (κ1) is 11.6. The van der Waals surface area contributed by atoms with Crippen molar-refractivity contribution < 1.29 is 9.21 Å². The van der Waals surface area contributed by atoms with Gasteiger partial charge in [0.15, 0.2) is 11.4 Å². The Balaban J connectivity index is 2.38. The molecule has 0 bridgehead atoms. The summed E-state index contributed by atoms with van der Waals surface area (Å²) in [5.74, 6) is -0.434. The molecule has 0 saturated carbocycles. The molecule has 0 atom stereocenters. The smallest absolute Gasteiger partial charge is 0.408 e. The van der Waals surface area contributed by atoms with Gasteiger partial charge in [0.2, 0.25) is 0 Å². The number of hydrogen-bond acceptors (Lipinski definition) is 4. The summed E-state index contributed by atoms with van der Waals surface area (Å²) < 4.78 is 6.44. The van der Waals surface area contributed by atoms with Gasteiger partial charge in [0.1, 0.15) is 0 Å². The van der Waals surface area contributed by atoms with E-state index >= 15 is 0 Å². The monoisotopic (exact) mass is 234 g/mol. The Hall–Kier alpha value is -1.88. The maximum Gasteiger partial charge on any atom is 0.419 e. The van der Waals surface area contributed by atoms with Crippen LogP contribution in [0.15, 0.2) is 27.4 Å². The van der Waals surface area contributed by atoms with Crippen LogP contribution in [0.3, 0.4) is 0 Å². The summed E-state index contributed by atoms with van der Waals surface area (Å²) in [6.07, 6.45) is 0. The number of carbonyl (C=O) groups excluding carboxylic acids is 1. The summed E-state index contributed by atoms with van der Waals surface area (Å²) in [7, 11) is 1.63. The van der Waals surface area contributed by atoms with Gasteiger partial charge in [0, 0.05) is 12.6 Å². The van der Waals surface area contributed by atoms with Gasteiger partial charge in [0.25, 0.3) is 0 Å². The van der Waals surface area contributed by atoms with E-state index in [9.17, 15) is 9.59 Å². The summed E-state index contributed by atoms with van der Waals surface area (Å²) in [4.78, 5) is 23.0. The maximum atomic E-state index is 11.7. The molecule has 0 fully saturated rings. The Bertz CT molecular complexity index is 610. The molecule has 5 heteroatoms. The van der Waals surface area contributed by atoms with Gasteiger partial charge >= 0.3 is 5.76 Å². The van der Waals surface area contributed by atoms with Crippen LogP contribution in [0.1, 0.15) is 17.3 Å². The first-order valence-electron chi connectivity index (χ1n) is 5.47. The van der Waals surface area contributed by atoms with E-state index in [1.165, 1.54) is 4.57 Å². The van der Waals surface area contributed by atoms with Crippen LogP contribution >= 0.6 is 0 Å².